The Morgan fingerprint density at radius 3 is 1.38 bits per heavy atom. The minimum absolute atomic E-state index is 0.524. The predicted molar refractivity (Wildman–Crippen MR) is 110 cm³/mol. The van der Waals surface area contributed by atoms with Gasteiger partial charge in [0.25, 0.3) is 0 Å². The SMILES string of the molecule is CC(C)(C#N)c1ccc(N(c2ccc(Cl)cc2)c2ccc(Cl)cc2)cc1. The molecule has 0 fully saturated rings. The summed E-state index contributed by atoms with van der Waals surface area (Å²) in [6.07, 6.45) is 0. The molecule has 4 heteroatoms. The van der Waals surface area contributed by atoms with Gasteiger partial charge in [-0.15, -0.1) is 0 Å². The van der Waals surface area contributed by atoms with Crippen LogP contribution in [0.2, 0.25) is 10.0 Å². The number of rotatable bonds is 4. The minimum atomic E-state index is -0.524. The largest absolute Gasteiger partial charge is 0.311 e. The third-order valence-electron chi connectivity index (χ3n) is 4.30. The fourth-order valence-corrected chi connectivity index (χ4v) is 2.97. The zero-order chi connectivity index (χ0) is 18.7. The molecule has 2 nitrogen and oxygen atoms in total. The fourth-order valence-electron chi connectivity index (χ4n) is 2.72. The zero-order valence-electron chi connectivity index (χ0n) is 14.6. The highest BCUT2D eigenvalue weighted by Gasteiger charge is 2.20. The molecule has 0 bridgehead atoms. The van der Waals surface area contributed by atoms with Gasteiger partial charge in [0.1, 0.15) is 0 Å². The molecule has 3 aromatic rings. The maximum atomic E-state index is 9.35. The Bertz CT molecular complexity index is 876. The van der Waals surface area contributed by atoms with Gasteiger partial charge in [0.2, 0.25) is 0 Å². The summed E-state index contributed by atoms with van der Waals surface area (Å²) in [5.74, 6) is 0. The van der Waals surface area contributed by atoms with E-state index in [-0.39, 0.29) is 0 Å². The average Bonchev–Trinajstić information content (AvgIpc) is 2.65. The summed E-state index contributed by atoms with van der Waals surface area (Å²) in [6, 6.07) is 25.8. The first-order valence-electron chi connectivity index (χ1n) is 8.24. The Morgan fingerprint density at radius 1 is 0.692 bits per heavy atom. The molecule has 26 heavy (non-hydrogen) atoms. The molecule has 3 rings (SSSR count). The second-order valence-corrected chi connectivity index (χ2v) is 7.44. The molecule has 0 amide bonds. The van der Waals surface area contributed by atoms with Crippen molar-refractivity contribution in [1.29, 1.82) is 5.26 Å². The van der Waals surface area contributed by atoms with Crippen LogP contribution in [0.1, 0.15) is 19.4 Å². The highest BCUT2D eigenvalue weighted by atomic mass is 35.5. The van der Waals surface area contributed by atoms with Crippen molar-refractivity contribution in [2.45, 2.75) is 19.3 Å². The molecule has 0 aliphatic heterocycles. The number of anilines is 3. The normalized spacial score (nSPS) is 11.0. The lowest BCUT2D eigenvalue weighted by molar-refractivity contribution is 0.687. The topological polar surface area (TPSA) is 27.0 Å². The number of nitrogens with zero attached hydrogens (tertiary/aromatic N) is 2. The summed E-state index contributed by atoms with van der Waals surface area (Å²) in [4.78, 5) is 2.12. The van der Waals surface area contributed by atoms with Crippen LogP contribution in [0.3, 0.4) is 0 Å². The van der Waals surface area contributed by atoms with Crippen LogP contribution in [0.5, 0.6) is 0 Å². The maximum absolute atomic E-state index is 9.35. The predicted octanol–water partition coefficient (Wildman–Crippen LogP) is 7.26. The van der Waals surface area contributed by atoms with Crippen LogP contribution in [-0.2, 0) is 5.41 Å². The molecule has 0 saturated carbocycles. The number of hydrogen-bond acceptors (Lipinski definition) is 2. The maximum Gasteiger partial charge on any atom is 0.0766 e. The first-order chi connectivity index (χ1) is 12.4. The lowest BCUT2D eigenvalue weighted by Gasteiger charge is -2.26. The van der Waals surface area contributed by atoms with Gasteiger partial charge < -0.3 is 4.90 Å². The lowest BCUT2D eigenvalue weighted by Crippen LogP contribution is -2.14. The molecular weight excluding hydrogens is 363 g/mol. The third kappa shape index (κ3) is 3.85. The van der Waals surface area contributed by atoms with E-state index in [0.29, 0.717) is 10.0 Å². The van der Waals surface area contributed by atoms with Crippen molar-refractivity contribution in [3.8, 4) is 6.07 Å². The Balaban J connectivity index is 2.07. The van der Waals surface area contributed by atoms with E-state index in [0.717, 1.165) is 22.6 Å². The molecular formula is C22H18Cl2N2. The molecule has 0 aromatic heterocycles. The molecule has 0 N–H and O–H groups in total. The van der Waals surface area contributed by atoms with Crippen molar-refractivity contribution < 1.29 is 0 Å². The monoisotopic (exact) mass is 380 g/mol. The van der Waals surface area contributed by atoms with Gasteiger partial charge in [-0.05, 0) is 80.1 Å². The lowest BCUT2D eigenvalue weighted by atomic mass is 9.86. The van der Waals surface area contributed by atoms with Gasteiger partial charge in [-0.25, -0.2) is 0 Å². The second-order valence-electron chi connectivity index (χ2n) is 6.57. The van der Waals surface area contributed by atoms with E-state index in [9.17, 15) is 5.26 Å². The second kappa shape index (κ2) is 7.41. The van der Waals surface area contributed by atoms with Gasteiger partial charge >= 0.3 is 0 Å². The number of halogens is 2. The van der Waals surface area contributed by atoms with Crippen LogP contribution in [0.15, 0.2) is 72.8 Å². The van der Waals surface area contributed by atoms with Crippen LogP contribution in [0, 0.1) is 11.3 Å². The number of nitriles is 1. The van der Waals surface area contributed by atoms with E-state index >= 15 is 0 Å². The Labute approximate surface area is 164 Å². The van der Waals surface area contributed by atoms with Gasteiger partial charge in [0.05, 0.1) is 11.5 Å². The zero-order valence-corrected chi connectivity index (χ0v) is 16.1. The molecule has 0 saturated heterocycles. The van der Waals surface area contributed by atoms with Crippen molar-refractivity contribution in [3.63, 3.8) is 0 Å². The van der Waals surface area contributed by atoms with E-state index in [1.54, 1.807) is 0 Å². The minimum Gasteiger partial charge on any atom is -0.311 e. The van der Waals surface area contributed by atoms with Crippen LogP contribution in [-0.4, -0.2) is 0 Å². The van der Waals surface area contributed by atoms with Crippen LogP contribution < -0.4 is 4.90 Å². The van der Waals surface area contributed by atoms with Gasteiger partial charge in [0.15, 0.2) is 0 Å². The summed E-state index contributed by atoms with van der Waals surface area (Å²) in [6.45, 7) is 3.83. The van der Waals surface area contributed by atoms with Gasteiger partial charge in [-0.3, -0.25) is 0 Å². The molecule has 3 aromatic carbocycles. The summed E-state index contributed by atoms with van der Waals surface area (Å²) >= 11 is 12.1. The summed E-state index contributed by atoms with van der Waals surface area (Å²) in [5, 5.41) is 10.7. The van der Waals surface area contributed by atoms with Crippen LogP contribution in [0.25, 0.3) is 0 Å². The quantitative estimate of drug-likeness (QED) is 0.475. The van der Waals surface area contributed by atoms with Crippen molar-refractivity contribution in [1.82, 2.24) is 0 Å². The van der Waals surface area contributed by atoms with E-state index in [1.165, 1.54) is 0 Å². The average molecular weight is 381 g/mol. The molecule has 130 valence electrons. The Kier molecular flexibility index (Phi) is 5.23. The smallest absolute Gasteiger partial charge is 0.0766 e. The fraction of sp³-hybridized carbons (Fsp3) is 0.136. The first kappa shape index (κ1) is 18.3. The van der Waals surface area contributed by atoms with Crippen LogP contribution >= 0.6 is 23.2 Å². The number of hydrogen-bond donors (Lipinski definition) is 0. The highest BCUT2D eigenvalue weighted by Crippen LogP contribution is 2.36. The van der Waals surface area contributed by atoms with E-state index in [2.05, 4.69) is 11.0 Å². The Hall–Kier alpha value is -2.47. The molecule has 0 radical (unpaired) electrons. The summed E-state index contributed by atoms with van der Waals surface area (Å²) < 4.78 is 0. The molecule has 0 atom stereocenters. The van der Waals surface area contributed by atoms with Crippen molar-refractivity contribution in [3.05, 3.63) is 88.4 Å². The van der Waals surface area contributed by atoms with Crippen molar-refractivity contribution in [2.24, 2.45) is 0 Å². The molecule has 0 aliphatic rings. The first-order valence-corrected chi connectivity index (χ1v) is 8.99. The van der Waals surface area contributed by atoms with E-state index in [4.69, 9.17) is 23.2 Å². The van der Waals surface area contributed by atoms with Crippen molar-refractivity contribution in [2.75, 3.05) is 4.90 Å². The molecule has 0 spiro atoms. The number of benzene rings is 3. The van der Waals surface area contributed by atoms with Crippen LogP contribution in [0.4, 0.5) is 17.1 Å². The summed E-state index contributed by atoms with van der Waals surface area (Å²) in [7, 11) is 0. The van der Waals surface area contributed by atoms with Gasteiger partial charge in [-0.1, -0.05) is 35.3 Å². The Morgan fingerprint density at radius 2 is 1.04 bits per heavy atom. The van der Waals surface area contributed by atoms with E-state index in [1.807, 2.05) is 86.6 Å². The highest BCUT2D eigenvalue weighted by molar-refractivity contribution is 6.31. The molecule has 0 heterocycles. The third-order valence-corrected chi connectivity index (χ3v) is 4.80. The summed E-state index contributed by atoms with van der Waals surface area (Å²) in [5.41, 5.74) is 3.43. The van der Waals surface area contributed by atoms with Gasteiger partial charge in [0, 0.05) is 27.1 Å². The van der Waals surface area contributed by atoms with Gasteiger partial charge in [-0.2, -0.15) is 5.26 Å². The standard InChI is InChI=1S/C22H18Cl2N2/c1-22(2,15-25)16-3-9-19(10-4-16)26(20-11-5-17(23)6-12-20)21-13-7-18(24)8-14-21/h3-14H,1-2H3. The van der Waals surface area contributed by atoms with E-state index < -0.39 is 5.41 Å². The van der Waals surface area contributed by atoms with Crippen molar-refractivity contribution >= 4 is 40.3 Å². The molecule has 0 aliphatic carbocycles. The molecule has 0 unspecified atom stereocenters.